The summed E-state index contributed by atoms with van der Waals surface area (Å²) in [5.74, 6) is -2.67. The zero-order chi connectivity index (χ0) is 62.3. The van der Waals surface area contributed by atoms with Gasteiger partial charge in [-0.25, -0.2) is 30.8 Å². The van der Waals surface area contributed by atoms with E-state index in [4.69, 9.17) is 14.2 Å². The van der Waals surface area contributed by atoms with Crippen molar-refractivity contribution in [2.24, 2.45) is 0 Å². The van der Waals surface area contributed by atoms with Crippen LogP contribution < -0.4 is 38.5 Å². The summed E-state index contributed by atoms with van der Waals surface area (Å²) >= 11 is 0. The van der Waals surface area contributed by atoms with Crippen molar-refractivity contribution in [2.75, 3.05) is 81.5 Å². The SMILES string of the molecule is CN1C(=O)C2(CCCCC2)c2c(F)cc(O)cc21.CN1C(=O)C2(CCCCC2)c2c(F)cc(OCC(=O)NS(C)(=O)=O)cc21.COC(=O)COc1cc(F)c2c(c1)N(C)C(=O)C21CCCCC1.COc1cc(F)c2c(c1)N(C)C(=O)C21CCCCC1. The number of anilines is 4. The van der Waals surface area contributed by atoms with Gasteiger partial charge in [-0.15, -0.1) is 0 Å². The fourth-order valence-corrected chi connectivity index (χ4v) is 15.2. The molecule has 0 radical (unpaired) electrons. The predicted octanol–water partition coefficient (Wildman–Crippen LogP) is 9.74. The second kappa shape index (κ2) is 24.7. The van der Waals surface area contributed by atoms with Crippen molar-refractivity contribution in [2.45, 2.75) is 150 Å². The Kier molecular flexibility index (Phi) is 18.2. The summed E-state index contributed by atoms with van der Waals surface area (Å²) in [6.07, 6.45) is 18.3. The van der Waals surface area contributed by atoms with Crippen LogP contribution in [0.3, 0.4) is 0 Å². The number of aromatic hydroxyl groups is 1. The van der Waals surface area contributed by atoms with E-state index < -0.39 is 67.6 Å². The monoisotopic (exact) mass is 1220 g/mol. The first-order valence-corrected chi connectivity index (χ1v) is 31.2. The van der Waals surface area contributed by atoms with Crippen LogP contribution in [0.1, 0.15) is 151 Å². The number of nitrogens with one attached hydrogen (secondary N) is 1. The number of esters is 1. The Morgan fingerprint density at radius 1 is 0.477 bits per heavy atom. The van der Waals surface area contributed by atoms with Crippen molar-refractivity contribution in [3.05, 3.63) is 94.1 Å². The van der Waals surface area contributed by atoms with Gasteiger partial charge in [-0.05, 0) is 51.4 Å². The number of ether oxygens (including phenoxy) is 4. The number of fused-ring (bicyclic) bond motifs is 8. The van der Waals surface area contributed by atoms with Crippen LogP contribution in [0.2, 0.25) is 0 Å². The third-order valence-electron chi connectivity index (χ3n) is 18.7. The van der Waals surface area contributed by atoms with E-state index in [0.717, 1.165) is 108 Å². The van der Waals surface area contributed by atoms with E-state index in [9.17, 15) is 59.9 Å². The molecule has 4 aromatic rings. The molecule has 8 aliphatic rings. The van der Waals surface area contributed by atoms with Crippen molar-refractivity contribution in [1.29, 1.82) is 0 Å². The number of hydrogen-bond donors (Lipinski definition) is 2. The van der Waals surface area contributed by atoms with E-state index in [1.165, 1.54) is 53.2 Å². The standard InChI is InChI=1S/C17H21FN2O5S.C17H20FNO4.C15H18FNO2.C14H16FNO2/c1-20-13-9-11(25-10-14(21)19-26(2,23)24)8-12(18)15(13)17(16(20)22)6-4-3-5-7-17;1-19-13-9-11(23-10-14(20)22-2)8-12(18)15(13)17(16(19)21)6-4-3-5-7-17;1-17-12-9-10(19-2)8-11(16)13(12)15(14(17)18)6-4-3-5-7-15;1-16-11-8-9(17)7-10(15)12(11)14(13(16)18)5-3-2-4-6-14/h8-9H,3-7,10H2,1-2H3,(H,19,21);8-9H,3-7,10H2,1-2H3;8-9H,3-7H2,1-2H3;7-8,17H,2-6H2,1H3. The number of hydrogen-bond acceptors (Lipinski definition) is 13. The van der Waals surface area contributed by atoms with Gasteiger partial charge in [0.15, 0.2) is 13.2 Å². The molecule has 0 saturated heterocycles. The van der Waals surface area contributed by atoms with E-state index in [0.29, 0.717) is 89.3 Å². The Bertz CT molecular complexity index is 3460. The number of phenolic OH excluding ortho intramolecular Hbond substituents is 1. The summed E-state index contributed by atoms with van der Waals surface area (Å²) in [5.41, 5.74) is 1.29. The maximum absolute atomic E-state index is 14.9. The maximum Gasteiger partial charge on any atom is 0.343 e. The summed E-state index contributed by atoms with van der Waals surface area (Å²) in [5, 5.41) is 9.49. The van der Waals surface area contributed by atoms with E-state index in [1.54, 1.807) is 49.9 Å². The Labute approximate surface area is 498 Å². The van der Waals surface area contributed by atoms with Gasteiger partial charge >= 0.3 is 5.97 Å². The average molecular weight is 1220 g/mol. The van der Waals surface area contributed by atoms with Crippen LogP contribution in [-0.2, 0) is 65.2 Å². The summed E-state index contributed by atoms with van der Waals surface area (Å²) in [6, 6.07) is 11.3. The van der Waals surface area contributed by atoms with Gasteiger partial charge in [-0.3, -0.25) is 28.7 Å². The molecule has 4 aromatic carbocycles. The van der Waals surface area contributed by atoms with Crippen LogP contribution in [0.4, 0.5) is 40.3 Å². The molecule has 0 atom stereocenters. The fraction of sp³-hybridized carbons (Fsp3) is 0.524. The highest BCUT2D eigenvalue weighted by molar-refractivity contribution is 7.89. The van der Waals surface area contributed by atoms with Gasteiger partial charge in [0.05, 0.1) is 64.9 Å². The van der Waals surface area contributed by atoms with Crippen molar-refractivity contribution >= 4 is 68.3 Å². The van der Waals surface area contributed by atoms with Crippen LogP contribution in [0, 0.1) is 23.3 Å². The molecule has 2 N–H and O–H groups in total. The minimum Gasteiger partial charge on any atom is -0.508 e. The molecular weight excluding hydrogens is 1140 g/mol. The summed E-state index contributed by atoms with van der Waals surface area (Å²) < 4.78 is 102. The molecule has 0 bridgehead atoms. The number of carbonyl (C=O) groups excluding carboxylic acids is 6. The number of halogens is 4. The zero-order valence-electron chi connectivity index (χ0n) is 49.7. The number of amides is 5. The lowest BCUT2D eigenvalue weighted by molar-refractivity contribution is -0.143. The minimum absolute atomic E-state index is 0.0262. The van der Waals surface area contributed by atoms with E-state index in [-0.39, 0.29) is 53.3 Å². The van der Waals surface area contributed by atoms with Crippen LogP contribution in [0.5, 0.6) is 23.0 Å². The highest BCUT2D eigenvalue weighted by Gasteiger charge is 2.55. The predicted molar refractivity (Wildman–Crippen MR) is 313 cm³/mol. The van der Waals surface area contributed by atoms with Crippen molar-refractivity contribution in [1.82, 2.24) is 4.72 Å². The first kappa shape index (κ1) is 63.1. The average Bonchev–Trinajstić information content (AvgIpc) is 1.85. The molecule has 23 heteroatoms. The summed E-state index contributed by atoms with van der Waals surface area (Å²) in [7, 11) is 5.72. The first-order chi connectivity index (χ1) is 40.8. The number of likely N-dealkylation sites (N-methyl/N-ethyl adjacent to an activating group) is 4. The Morgan fingerprint density at radius 2 is 0.767 bits per heavy atom. The number of rotatable bonds is 8. The van der Waals surface area contributed by atoms with Gasteiger partial charge in [0.2, 0.25) is 33.7 Å². The van der Waals surface area contributed by atoms with Gasteiger partial charge in [0.1, 0.15) is 46.3 Å². The Hall–Kier alpha value is -7.43. The lowest BCUT2D eigenvalue weighted by atomic mass is 9.70. The molecule has 4 saturated carbocycles. The van der Waals surface area contributed by atoms with Gasteiger partial charge in [0.25, 0.3) is 5.91 Å². The molecule has 4 heterocycles. The number of phenols is 1. The van der Waals surface area contributed by atoms with Gasteiger partial charge in [0, 0.05) is 99.0 Å². The first-order valence-electron chi connectivity index (χ1n) is 29.3. The molecule has 4 aliphatic heterocycles. The molecular formula is C63H75F4N5O13S. The highest BCUT2D eigenvalue weighted by atomic mass is 32.2. The van der Waals surface area contributed by atoms with Crippen LogP contribution in [0.15, 0.2) is 48.5 Å². The van der Waals surface area contributed by atoms with Gasteiger partial charge in [-0.2, -0.15) is 0 Å². The lowest BCUT2D eigenvalue weighted by Gasteiger charge is -2.32. The van der Waals surface area contributed by atoms with Crippen molar-refractivity contribution in [3.8, 4) is 23.0 Å². The minimum atomic E-state index is -3.69. The molecule has 464 valence electrons. The lowest BCUT2D eigenvalue weighted by Crippen LogP contribution is -2.40. The third-order valence-corrected chi connectivity index (χ3v) is 19.3. The smallest absolute Gasteiger partial charge is 0.343 e. The fourth-order valence-electron chi connectivity index (χ4n) is 14.7. The van der Waals surface area contributed by atoms with Gasteiger partial charge in [-0.1, -0.05) is 77.0 Å². The molecule has 0 aromatic heterocycles. The molecule has 0 unspecified atom stereocenters. The number of sulfonamides is 1. The van der Waals surface area contributed by atoms with Crippen LogP contribution >= 0.6 is 0 Å². The van der Waals surface area contributed by atoms with E-state index in [1.807, 2.05) is 0 Å². The third kappa shape index (κ3) is 11.4. The second-order valence-corrected chi connectivity index (χ2v) is 25.7. The topological polar surface area (TPSA) is 219 Å². The number of methoxy groups -OCH3 is 2. The summed E-state index contributed by atoms with van der Waals surface area (Å²) in [6.45, 7) is -0.869. The number of nitrogens with zero attached hydrogens (tertiary/aromatic N) is 4. The van der Waals surface area contributed by atoms with E-state index >= 15 is 0 Å². The molecule has 4 spiro atoms. The normalized spacial score (nSPS) is 19.8. The van der Waals surface area contributed by atoms with Gasteiger partial charge < -0.3 is 43.7 Å². The Balaban J connectivity index is 0.000000138. The molecule has 12 rings (SSSR count). The number of carbonyl (C=O) groups is 6. The highest BCUT2D eigenvalue weighted by Crippen LogP contribution is 2.56. The van der Waals surface area contributed by atoms with Crippen LogP contribution in [0.25, 0.3) is 0 Å². The second-order valence-electron chi connectivity index (χ2n) is 23.9. The molecule has 18 nitrogen and oxygen atoms in total. The summed E-state index contributed by atoms with van der Waals surface area (Å²) in [4.78, 5) is 79.4. The molecule has 4 fully saturated rings. The van der Waals surface area contributed by atoms with Crippen molar-refractivity contribution < 1.29 is 78.8 Å². The van der Waals surface area contributed by atoms with Crippen molar-refractivity contribution in [3.63, 3.8) is 0 Å². The molecule has 4 aliphatic carbocycles. The van der Waals surface area contributed by atoms with Crippen LogP contribution in [-0.4, -0.2) is 111 Å². The maximum atomic E-state index is 14.9. The largest absolute Gasteiger partial charge is 0.508 e. The number of benzene rings is 4. The molecule has 86 heavy (non-hydrogen) atoms. The van der Waals surface area contributed by atoms with E-state index in [2.05, 4.69) is 4.74 Å². The molecule has 5 amide bonds. The quantitative estimate of drug-likeness (QED) is 0.124. The Morgan fingerprint density at radius 3 is 1.08 bits per heavy atom. The zero-order valence-corrected chi connectivity index (χ0v) is 50.5.